The number of aromatic nitrogens is 2. The standard InChI is InChI=1S/C20H24ClN3O2/c21-16-10-8-15(9-11-16)19-22-20(26-23-19)17-6-3-13-24(17)18(25)12-7-14-4-1-2-5-14/h8-11,14,17H,1-7,12-13H2. The lowest BCUT2D eigenvalue weighted by molar-refractivity contribution is -0.132. The molecule has 1 aromatic carbocycles. The molecular weight excluding hydrogens is 350 g/mol. The molecule has 1 saturated carbocycles. The molecule has 6 heteroatoms. The van der Waals surface area contributed by atoms with Crippen LogP contribution in [0.1, 0.15) is 63.3 Å². The molecule has 2 aliphatic rings. The maximum Gasteiger partial charge on any atom is 0.249 e. The van der Waals surface area contributed by atoms with E-state index < -0.39 is 0 Å². The highest BCUT2D eigenvalue weighted by Crippen LogP contribution is 2.34. The van der Waals surface area contributed by atoms with Gasteiger partial charge >= 0.3 is 0 Å². The zero-order valence-electron chi connectivity index (χ0n) is 14.9. The number of likely N-dealkylation sites (tertiary alicyclic amines) is 1. The molecule has 0 spiro atoms. The van der Waals surface area contributed by atoms with Gasteiger partial charge in [-0.15, -0.1) is 0 Å². The van der Waals surface area contributed by atoms with E-state index in [1.165, 1.54) is 25.7 Å². The Morgan fingerprint density at radius 3 is 2.69 bits per heavy atom. The van der Waals surface area contributed by atoms with Gasteiger partial charge in [-0.3, -0.25) is 4.79 Å². The molecule has 26 heavy (non-hydrogen) atoms. The first-order chi connectivity index (χ1) is 12.7. The van der Waals surface area contributed by atoms with E-state index in [1.54, 1.807) is 12.1 Å². The summed E-state index contributed by atoms with van der Waals surface area (Å²) in [6, 6.07) is 7.27. The fraction of sp³-hybridized carbons (Fsp3) is 0.550. The lowest BCUT2D eigenvalue weighted by Gasteiger charge is -2.22. The second-order valence-electron chi connectivity index (χ2n) is 7.40. The predicted octanol–water partition coefficient (Wildman–Crippen LogP) is 5.02. The number of halogens is 1. The van der Waals surface area contributed by atoms with Crippen molar-refractivity contribution < 1.29 is 9.32 Å². The Hall–Kier alpha value is -1.88. The summed E-state index contributed by atoms with van der Waals surface area (Å²) in [5.74, 6) is 2.05. The minimum absolute atomic E-state index is 0.0837. The van der Waals surface area contributed by atoms with Crippen LogP contribution in [0.25, 0.3) is 11.4 Å². The molecular formula is C20H24ClN3O2. The van der Waals surface area contributed by atoms with Crippen molar-refractivity contribution in [3.05, 3.63) is 35.2 Å². The Labute approximate surface area is 158 Å². The van der Waals surface area contributed by atoms with Gasteiger partial charge in [0.05, 0.1) is 0 Å². The molecule has 1 amide bonds. The van der Waals surface area contributed by atoms with Gasteiger partial charge in [0.25, 0.3) is 0 Å². The third-order valence-corrected chi connectivity index (χ3v) is 5.90. The van der Waals surface area contributed by atoms with Gasteiger partial charge in [-0.25, -0.2) is 0 Å². The van der Waals surface area contributed by atoms with Crippen LogP contribution in [0.3, 0.4) is 0 Å². The van der Waals surface area contributed by atoms with E-state index in [1.807, 2.05) is 17.0 Å². The van der Waals surface area contributed by atoms with Crippen LogP contribution in [0.2, 0.25) is 5.02 Å². The molecule has 0 N–H and O–H groups in total. The van der Waals surface area contributed by atoms with Crippen molar-refractivity contribution in [3.63, 3.8) is 0 Å². The Morgan fingerprint density at radius 1 is 1.15 bits per heavy atom. The monoisotopic (exact) mass is 373 g/mol. The molecule has 1 aliphatic heterocycles. The minimum Gasteiger partial charge on any atom is -0.337 e. The maximum atomic E-state index is 12.7. The van der Waals surface area contributed by atoms with Crippen LogP contribution in [-0.2, 0) is 4.79 Å². The largest absolute Gasteiger partial charge is 0.337 e. The van der Waals surface area contributed by atoms with Gasteiger partial charge in [0.15, 0.2) is 0 Å². The predicted molar refractivity (Wildman–Crippen MR) is 99.6 cm³/mol. The molecule has 0 bridgehead atoms. The molecule has 1 atom stereocenters. The summed E-state index contributed by atoms with van der Waals surface area (Å²) in [5, 5.41) is 4.77. The van der Waals surface area contributed by atoms with E-state index >= 15 is 0 Å². The van der Waals surface area contributed by atoms with Crippen LogP contribution in [-0.4, -0.2) is 27.5 Å². The molecule has 2 aromatic rings. The topological polar surface area (TPSA) is 59.2 Å². The maximum absolute atomic E-state index is 12.7. The van der Waals surface area contributed by atoms with Gasteiger partial charge in [-0.1, -0.05) is 42.4 Å². The highest BCUT2D eigenvalue weighted by Gasteiger charge is 2.34. The second kappa shape index (κ2) is 7.78. The average Bonchev–Trinajstić information content (AvgIpc) is 3.40. The summed E-state index contributed by atoms with van der Waals surface area (Å²) in [6.07, 6.45) is 8.73. The van der Waals surface area contributed by atoms with E-state index in [9.17, 15) is 4.79 Å². The normalized spacial score (nSPS) is 20.8. The van der Waals surface area contributed by atoms with Crippen LogP contribution in [0.5, 0.6) is 0 Å². The van der Waals surface area contributed by atoms with Crippen molar-refractivity contribution >= 4 is 17.5 Å². The number of carbonyl (C=O) groups is 1. The molecule has 0 radical (unpaired) electrons. The third kappa shape index (κ3) is 3.78. The van der Waals surface area contributed by atoms with E-state index in [0.29, 0.717) is 23.2 Å². The smallest absolute Gasteiger partial charge is 0.249 e. The highest BCUT2D eigenvalue weighted by molar-refractivity contribution is 6.30. The number of benzene rings is 1. The van der Waals surface area contributed by atoms with Crippen molar-refractivity contribution in [2.24, 2.45) is 5.92 Å². The lowest BCUT2D eigenvalue weighted by atomic mass is 10.0. The van der Waals surface area contributed by atoms with E-state index in [-0.39, 0.29) is 11.9 Å². The molecule has 4 rings (SSSR count). The minimum atomic E-state index is -0.0837. The van der Waals surface area contributed by atoms with E-state index in [4.69, 9.17) is 16.1 Å². The Balaban J connectivity index is 1.42. The van der Waals surface area contributed by atoms with Gasteiger partial charge in [0, 0.05) is 23.6 Å². The number of amides is 1. The van der Waals surface area contributed by atoms with Crippen LogP contribution < -0.4 is 0 Å². The summed E-state index contributed by atoms with van der Waals surface area (Å²) >= 11 is 5.93. The molecule has 1 saturated heterocycles. The lowest BCUT2D eigenvalue weighted by Crippen LogP contribution is -2.30. The fourth-order valence-corrected chi connectivity index (χ4v) is 4.30. The summed E-state index contributed by atoms with van der Waals surface area (Å²) < 4.78 is 5.50. The molecule has 2 fully saturated rings. The Kier molecular flexibility index (Phi) is 5.25. The van der Waals surface area contributed by atoms with Crippen LogP contribution in [0.4, 0.5) is 0 Å². The summed E-state index contributed by atoms with van der Waals surface area (Å²) in [7, 11) is 0. The van der Waals surface area contributed by atoms with Crippen LogP contribution in [0.15, 0.2) is 28.8 Å². The number of hydrogen-bond donors (Lipinski definition) is 0. The van der Waals surface area contributed by atoms with E-state index in [0.717, 1.165) is 37.3 Å². The number of carbonyl (C=O) groups excluding carboxylic acids is 1. The number of nitrogens with zero attached hydrogens (tertiary/aromatic N) is 3. The zero-order chi connectivity index (χ0) is 17.9. The van der Waals surface area contributed by atoms with Crippen molar-refractivity contribution in [1.29, 1.82) is 0 Å². The zero-order valence-corrected chi connectivity index (χ0v) is 15.6. The van der Waals surface area contributed by atoms with Crippen LogP contribution in [0, 0.1) is 5.92 Å². The van der Waals surface area contributed by atoms with Gasteiger partial charge in [0.2, 0.25) is 17.6 Å². The molecule has 1 aromatic heterocycles. The number of hydrogen-bond acceptors (Lipinski definition) is 4. The first-order valence-electron chi connectivity index (χ1n) is 9.60. The Bertz CT molecular complexity index is 753. The van der Waals surface area contributed by atoms with Crippen molar-refractivity contribution in [1.82, 2.24) is 15.0 Å². The average molecular weight is 374 g/mol. The van der Waals surface area contributed by atoms with Crippen molar-refractivity contribution in [3.8, 4) is 11.4 Å². The summed E-state index contributed by atoms with van der Waals surface area (Å²) in [6.45, 7) is 0.785. The number of rotatable bonds is 5. The molecule has 1 unspecified atom stereocenters. The van der Waals surface area contributed by atoms with Gasteiger partial charge in [0.1, 0.15) is 6.04 Å². The second-order valence-corrected chi connectivity index (χ2v) is 7.83. The highest BCUT2D eigenvalue weighted by atomic mass is 35.5. The molecule has 1 aliphatic carbocycles. The molecule has 2 heterocycles. The Morgan fingerprint density at radius 2 is 1.92 bits per heavy atom. The van der Waals surface area contributed by atoms with Crippen molar-refractivity contribution in [2.45, 2.75) is 57.4 Å². The van der Waals surface area contributed by atoms with Crippen molar-refractivity contribution in [2.75, 3.05) is 6.54 Å². The van der Waals surface area contributed by atoms with Crippen LogP contribution >= 0.6 is 11.6 Å². The quantitative estimate of drug-likeness (QED) is 0.737. The summed E-state index contributed by atoms with van der Waals surface area (Å²) in [4.78, 5) is 19.2. The van der Waals surface area contributed by atoms with Gasteiger partial charge in [-0.2, -0.15) is 4.98 Å². The third-order valence-electron chi connectivity index (χ3n) is 5.64. The fourth-order valence-electron chi connectivity index (χ4n) is 4.18. The SMILES string of the molecule is O=C(CCC1CCCC1)N1CCCC1c1nc(-c2ccc(Cl)cc2)no1. The van der Waals surface area contributed by atoms with Gasteiger partial charge < -0.3 is 9.42 Å². The summed E-state index contributed by atoms with van der Waals surface area (Å²) in [5.41, 5.74) is 0.863. The van der Waals surface area contributed by atoms with E-state index in [2.05, 4.69) is 10.1 Å². The molecule has 5 nitrogen and oxygen atoms in total. The first-order valence-corrected chi connectivity index (χ1v) is 9.97. The first kappa shape index (κ1) is 17.5. The van der Waals surface area contributed by atoms with Gasteiger partial charge in [-0.05, 0) is 49.4 Å². The molecule has 138 valence electrons.